The third kappa shape index (κ3) is 4.16. The Balaban J connectivity index is 1.29. The largest absolute Gasteiger partial charge is 0.494 e. The van der Waals surface area contributed by atoms with E-state index in [9.17, 15) is 10.1 Å². The lowest BCUT2D eigenvalue weighted by Crippen LogP contribution is -2.44. The Kier molecular flexibility index (Phi) is 6.00. The standard InChI is InChI=1S/C27H24ClN7O2S/c1-15-9-16(17-10-21(28)31-12-19(17)37-2)18(11-30-15)23(36)35-25-34-22-24(38-25)33-20(13-32-22)27-6-3-26(14-29,4-7-27)5-8-27/h9-13H,3-8H2,1-2H3,(H,32,34,35,36). The number of carbonyl (C=O) groups excluding carboxylic acids is 1. The van der Waals surface area contributed by atoms with Gasteiger partial charge in [-0.3, -0.25) is 15.1 Å². The van der Waals surface area contributed by atoms with Gasteiger partial charge in [0.15, 0.2) is 15.6 Å². The molecule has 0 unspecified atom stereocenters. The molecule has 3 saturated carbocycles. The molecule has 0 spiro atoms. The van der Waals surface area contributed by atoms with Gasteiger partial charge in [0, 0.05) is 28.4 Å². The number of hydrogen-bond donors (Lipinski definition) is 1. The number of amides is 1. The van der Waals surface area contributed by atoms with E-state index in [4.69, 9.17) is 21.3 Å². The molecule has 192 valence electrons. The van der Waals surface area contributed by atoms with E-state index >= 15 is 0 Å². The fourth-order valence-electron chi connectivity index (χ4n) is 5.69. The van der Waals surface area contributed by atoms with Crippen LogP contribution in [0, 0.1) is 23.7 Å². The summed E-state index contributed by atoms with van der Waals surface area (Å²) < 4.78 is 5.46. The number of anilines is 1. The van der Waals surface area contributed by atoms with Crippen LogP contribution in [0.5, 0.6) is 5.75 Å². The van der Waals surface area contributed by atoms with Gasteiger partial charge in [-0.1, -0.05) is 22.9 Å². The number of carbonyl (C=O) groups is 1. The maximum atomic E-state index is 13.4. The second-order valence-electron chi connectivity index (χ2n) is 10.1. The van der Waals surface area contributed by atoms with Crippen molar-refractivity contribution >= 4 is 44.5 Å². The summed E-state index contributed by atoms with van der Waals surface area (Å²) in [6.45, 7) is 1.85. The zero-order chi connectivity index (χ0) is 26.5. The molecule has 3 aliphatic rings. The summed E-state index contributed by atoms with van der Waals surface area (Å²) in [6, 6.07) is 6.03. The third-order valence-electron chi connectivity index (χ3n) is 8.00. The Morgan fingerprint density at radius 2 is 1.82 bits per heavy atom. The number of fused-ring (bicyclic) bond motifs is 4. The lowest BCUT2D eigenvalue weighted by molar-refractivity contribution is 0.0821. The second-order valence-corrected chi connectivity index (χ2v) is 11.5. The highest BCUT2D eigenvalue weighted by atomic mass is 35.5. The predicted molar refractivity (Wildman–Crippen MR) is 144 cm³/mol. The molecular weight excluding hydrogens is 522 g/mol. The summed E-state index contributed by atoms with van der Waals surface area (Å²) in [5.74, 6) is 0.125. The van der Waals surface area contributed by atoms with Crippen molar-refractivity contribution in [3.05, 3.63) is 52.8 Å². The number of ether oxygens (including phenoxy) is 1. The molecule has 0 aromatic carbocycles. The summed E-state index contributed by atoms with van der Waals surface area (Å²) >= 11 is 7.45. The van der Waals surface area contributed by atoms with Crippen LogP contribution in [-0.4, -0.2) is 37.9 Å². The molecule has 3 aliphatic carbocycles. The molecule has 4 aromatic rings. The van der Waals surface area contributed by atoms with Gasteiger partial charge >= 0.3 is 0 Å². The number of nitriles is 1. The number of nitrogens with zero attached hydrogens (tertiary/aromatic N) is 6. The highest BCUT2D eigenvalue weighted by Gasteiger charge is 2.50. The molecule has 38 heavy (non-hydrogen) atoms. The molecule has 2 bridgehead atoms. The second kappa shape index (κ2) is 9.26. The van der Waals surface area contributed by atoms with Crippen molar-refractivity contribution in [1.82, 2.24) is 24.9 Å². The van der Waals surface area contributed by atoms with E-state index in [1.807, 2.05) is 19.2 Å². The quantitative estimate of drug-likeness (QED) is 0.308. The number of pyridine rings is 2. The molecule has 0 saturated heterocycles. The molecule has 1 amide bonds. The zero-order valence-electron chi connectivity index (χ0n) is 20.9. The van der Waals surface area contributed by atoms with Crippen LogP contribution in [0.4, 0.5) is 5.13 Å². The number of rotatable bonds is 5. The SMILES string of the molecule is COc1cnc(Cl)cc1-c1cc(C)ncc1C(=O)Nc1nc2ncc(C34CCC(C#N)(CC3)CC4)nc2s1. The van der Waals surface area contributed by atoms with Gasteiger partial charge in [-0.05, 0) is 57.6 Å². The van der Waals surface area contributed by atoms with Gasteiger partial charge in [-0.2, -0.15) is 10.2 Å². The lowest BCUT2D eigenvalue weighted by atomic mass is 9.53. The number of thiazole rings is 1. The molecule has 4 aromatic heterocycles. The van der Waals surface area contributed by atoms with E-state index in [2.05, 4.69) is 31.3 Å². The maximum absolute atomic E-state index is 13.4. The first-order valence-corrected chi connectivity index (χ1v) is 13.6. The average Bonchev–Trinajstić information content (AvgIpc) is 3.35. The lowest BCUT2D eigenvalue weighted by Gasteiger charge is -2.49. The van der Waals surface area contributed by atoms with Crippen molar-refractivity contribution < 1.29 is 9.53 Å². The summed E-state index contributed by atoms with van der Waals surface area (Å²) in [6.07, 6.45) is 10.5. The zero-order valence-corrected chi connectivity index (χ0v) is 22.5. The maximum Gasteiger partial charge on any atom is 0.259 e. The number of methoxy groups -OCH3 is 1. The summed E-state index contributed by atoms with van der Waals surface area (Å²) in [4.78, 5) is 36.5. The molecule has 3 fully saturated rings. The Bertz CT molecular complexity index is 1610. The van der Waals surface area contributed by atoms with Crippen molar-refractivity contribution in [2.75, 3.05) is 12.4 Å². The normalized spacial score (nSPS) is 22.3. The predicted octanol–water partition coefficient (Wildman–Crippen LogP) is 5.88. The minimum atomic E-state index is -0.368. The van der Waals surface area contributed by atoms with Crippen LogP contribution in [0.15, 0.2) is 30.7 Å². The Morgan fingerprint density at radius 1 is 1.05 bits per heavy atom. The molecule has 1 N–H and O–H groups in total. The van der Waals surface area contributed by atoms with Crippen molar-refractivity contribution in [3.63, 3.8) is 0 Å². The molecular formula is C27H24ClN7O2S. The van der Waals surface area contributed by atoms with Gasteiger partial charge in [0.1, 0.15) is 10.9 Å². The number of hydrogen-bond acceptors (Lipinski definition) is 9. The van der Waals surface area contributed by atoms with Gasteiger partial charge in [-0.15, -0.1) is 0 Å². The molecule has 7 rings (SSSR count). The van der Waals surface area contributed by atoms with Crippen molar-refractivity contribution in [2.45, 2.75) is 50.9 Å². The van der Waals surface area contributed by atoms with Crippen LogP contribution in [0.2, 0.25) is 5.15 Å². The highest BCUT2D eigenvalue weighted by Crippen LogP contribution is 2.57. The van der Waals surface area contributed by atoms with Crippen LogP contribution in [0.1, 0.15) is 60.3 Å². The summed E-state index contributed by atoms with van der Waals surface area (Å²) in [7, 11) is 1.54. The van der Waals surface area contributed by atoms with E-state index < -0.39 is 0 Å². The van der Waals surface area contributed by atoms with Crippen LogP contribution in [0.25, 0.3) is 21.6 Å². The van der Waals surface area contributed by atoms with Crippen LogP contribution >= 0.6 is 22.9 Å². The molecule has 9 nitrogen and oxygen atoms in total. The van der Waals surface area contributed by atoms with Gasteiger partial charge in [0.05, 0.1) is 42.2 Å². The average molecular weight is 546 g/mol. The summed E-state index contributed by atoms with van der Waals surface area (Å²) in [5.41, 5.74) is 3.62. The fourth-order valence-corrected chi connectivity index (χ4v) is 6.64. The third-order valence-corrected chi connectivity index (χ3v) is 9.06. The Hall–Kier alpha value is -3.68. The van der Waals surface area contributed by atoms with Gasteiger partial charge in [0.25, 0.3) is 5.91 Å². The molecule has 11 heteroatoms. The van der Waals surface area contributed by atoms with Gasteiger partial charge in [-0.25, -0.2) is 15.0 Å². The van der Waals surface area contributed by atoms with E-state index in [0.717, 1.165) is 49.9 Å². The first-order chi connectivity index (χ1) is 18.3. The van der Waals surface area contributed by atoms with E-state index in [1.165, 1.54) is 30.8 Å². The van der Waals surface area contributed by atoms with Crippen LogP contribution in [0.3, 0.4) is 0 Å². The van der Waals surface area contributed by atoms with Gasteiger partial charge < -0.3 is 4.74 Å². The minimum absolute atomic E-state index is 0.0273. The number of aryl methyl sites for hydroxylation is 1. The van der Waals surface area contributed by atoms with Crippen LogP contribution in [-0.2, 0) is 5.41 Å². The van der Waals surface area contributed by atoms with Crippen molar-refractivity contribution in [3.8, 4) is 22.9 Å². The minimum Gasteiger partial charge on any atom is -0.494 e. The van der Waals surface area contributed by atoms with E-state index in [0.29, 0.717) is 38.0 Å². The van der Waals surface area contributed by atoms with E-state index in [1.54, 1.807) is 6.07 Å². The first-order valence-electron chi connectivity index (χ1n) is 12.4. The first kappa shape index (κ1) is 24.6. The monoisotopic (exact) mass is 545 g/mol. The number of halogens is 1. The smallest absolute Gasteiger partial charge is 0.259 e. The summed E-state index contributed by atoms with van der Waals surface area (Å²) in [5, 5.41) is 13.2. The molecule has 0 aliphatic heterocycles. The molecule has 0 atom stereocenters. The van der Waals surface area contributed by atoms with Crippen LogP contribution < -0.4 is 10.1 Å². The Morgan fingerprint density at radius 3 is 2.53 bits per heavy atom. The van der Waals surface area contributed by atoms with Crippen molar-refractivity contribution in [2.24, 2.45) is 5.41 Å². The molecule has 0 radical (unpaired) electrons. The van der Waals surface area contributed by atoms with Gasteiger partial charge in [0.2, 0.25) is 0 Å². The Labute approximate surface area is 228 Å². The number of nitrogens with one attached hydrogen (secondary N) is 1. The van der Waals surface area contributed by atoms with Crippen molar-refractivity contribution in [1.29, 1.82) is 5.26 Å². The fraction of sp³-hybridized carbons (Fsp3) is 0.370. The highest BCUT2D eigenvalue weighted by molar-refractivity contribution is 7.21. The van der Waals surface area contributed by atoms with E-state index in [-0.39, 0.29) is 21.9 Å². The topological polar surface area (TPSA) is 127 Å². The number of aromatic nitrogens is 5. The molecule has 4 heterocycles.